The maximum atomic E-state index is 12.8. The van der Waals surface area contributed by atoms with E-state index in [1.807, 2.05) is 60.9 Å². The molecule has 2 N–H and O–H groups in total. The van der Waals surface area contributed by atoms with E-state index in [4.69, 9.17) is 9.72 Å². The standard InChI is InChI=1S/C23H28N4O3/c1-16-10-11-18(17(2)13-16)26-22(28)14-27-20-8-5-4-7-19(20)25-21(27)9-6-12-24-23(29)15-30-3/h4-5,7-8,10-11,13H,6,9,12,14-15H2,1-3H3,(H,24,29)(H,26,28). The Hall–Kier alpha value is -3.19. The number of carbonyl (C=O) groups is 2. The number of anilines is 1. The van der Waals surface area contributed by atoms with Crippen molar-refractivity contribution >= 4 is 28.5 Å². The number of rotatable bonds is 9. The molecule has 3 rings (SSSR count). The molecule has 0 radical (unpaired) electrons. The third-order valence-electron chi connectivity index (χ3n) is 4.87. The number of fused-ring (bicyclic) bond motifs is 1. The van der Waals surface area contributed by atoms with E-state index in [1.165, 1.54) is 7.11 Å². The zero-order valence-electron chi connectivity index (χ0n) is 17.7. The summed E-state index contributed by atoms with van der Waals surface area (Å²) in [4.78, 5) is 29.0. The van der Waals surface area contributed by atoms with Gasteiger partial charge in [-0.2, -0.15) is 0 Å². The predicted octanol–water partition coefficient (Wildman–Crippen LogP) is 2.99. The van der Waals surface area contributed by atoms with Crippen LogP contribution in [0.2, 0.25) is 0 Å². The average molecular weight is 409 g/mol. The molecule has 0 unspecified atom stereocenters. The summed E-state index contributed by atoms with van der Waals surface area (Å²) in [7, 11) is 1.49. The highest BCUT2D eigenvalue weighted by molar-refractivity contribution is 5.92. The van der Waals surface area contributed by atoms with Crippen molar-refractivity contribution < 1.29 is 14.3 Å². The first kappa shape index (κ1) is 21.5. The zero-order chi connectivity index (χ0) is 21.5. The van der Waals surface area contributed by atoms with Crippen LogP contribution in [0, 0.1) is 13.8 Å². The molecule has 0 aliphatic heterocycles. The number of hydrogen-bond donors (Lipinski definition) is 2. The second kappa shape index (κ2) is 10.0. The van der Waals surface area contributed by atoms with Gasteiger partial charge in [0.2, 0.25) is 11.8 Å². The molecule has 2 aromatic carbocycles. The van der Waals surface area contributed by atoms with Crippen molar-refractivity contribution in [3.8, 4) is 0 Å². The topological polar surface area (TPSA) is 85.2 Å². The van der Waals surface area contributed by atoms with E-state index >= 15 is 0 Å². The number of aromatic nitrogens is 2. The quantitative estimate of drug-likeness (QED) is 0.533. The fraction of sp³-hybridized carbons (Fsp3) is 0.348. The van der Waals surface area contributed by atoms with Crippen molar-refractivity contribution in [1.29, 1.82) is 0 Å². The van der Waals surface area contributed by atoms with Crippen LogP contribution in [-0.4, -0.2) is 41.6 Å². The fourth-order valence-corrected chi connectivity index (χ4v) is 3.44. The van der Waals surface area contributed by atoms with Crippen LogP contribution < -0.4 is 10.6 Å². The van der Waals surface area contributed by atoms with E-state index in [2.05, 4.69) is 10.6 Å². The third-order valence-corrected chi connectivity index (χ3v) is 4.87. The van der Waals surface area contributed by atoms with Crippen LogP contribution in [0.1, 0.15) is 23.4 Å². The molecule has 7 heteroatoms. The summed E-state index contributed by atoms with van der Waals surface area (Å²) in [5, 5.41) is 5.82. The molecular formula is C23H28N4O3. The second-order valence-corrected chi connectivity index (χ2v) is 7.36. The van der Waals surface area contributed by atoms with Gasteiger partial charge in [0, 0.05) is 25.8 Å². The normalized spacial score (nSPS) is 10.9. The first-order valence-corrected chi connectivity index (χ1v) is 10.0. The van der Waals surface area contributed by atoms with Crippen molar-refractivity contribution in [2.24, 2.45) is 0 Å². The van der Waals surface area contributed by atoms with E-state index in [1.54, 1.807) is 0 Å². The molecular weight excluding hydrogens is 380 g/mol. The van der Waals surface area contributed by atoms with Crippen LogP contribution >= 0.6 is 0 Å². The van der Waals surface area contributed by atoms with Crippen molar-refractivity contribution in [2.75, 3.05) is 25.6 Å². The molecule has 1 aromatic heterocycles. The van der Waals surface area contributed by atoms with Gasteiger partial charge in [-0.05, 0) is 44.0 Å². The summed E-state index contributed by atoms with van der Waals surface area (Å²) in [6, 6.07) is 13.7. The third kappa shape index (κ3) is 5.45. The van der Waals surface area contributed by atoms with Crippen LogP contribution in [0.25, 0.3) is 11.0 Å². The second-order valence-electron chi connectivity index (χ2n) is 7.36. The zero-order valence-corrected chi connectivity index (χ0v) is 17.7. The minimum Gasteiger partial charge on any atom is -0.375 e. The number of nitrogens with one attached hydrogen (secondary N) is 2. The molecule has 2 amide bonds. The Labute approximate surface area is 176 Å². The molecule has 0 spiro atoms. The Kier molecular flexibility index (Phi) is 7.19. The lowest BCUT2D eigenvalue weighted by atomic mass is 10.1. The largest absolute Gasteiger partial charge is 0.375 e. The van der Waals surface area contributed by atoms with Crippen LogP contribution in [0.4, 0.5) is 5.69 Å². The van der Waals surface area contributed by atoms with Gasteiger partial charge in [0.15, 0.2) is 0 Å². The lowest BCUT2D eigenvalue weighted by molar-refractivity contribution is -0.124. The lowest BCUT2D eigenvalue weighted by Gasteiger charge is -2.12. The molecule has 158 valence electrons. The Morgan fingerprint density at radius 2 is 1.90 bits per heavy atom. The molecule has 0 fully saturated rings. The number of benzene rings is 2. The molecule has 0 atom stereocenters. The number of nitrogens with zero attached hydrogens (tertiary/aromatic N) is 2. The first-order chi connectivity index (χ1) is 14.5. The number of aryl methyl sites for hydroxylation is 3. The molecule has 0 saturated heterocycles. The first-order valence-electron chi connectivity index (χ1n) is 10.0. The molecule has 0 saturated carbocycles. The SMILES string of the molecule is COCC(=O)NCCCc1nc2ccccc2n1CC(=O)Nc1ccc(C)cc1C. The van der Waals surface area contributed by atoms with Crippen molar-refractivity contribution in [1.82, 2.24) is 14.9 Å². The highest BCUT2D eigenvalue weighted by Crippen LogP contribution is 2.19. The summed E-state index contributed by atoms with van der Waals surface area (Å²) in [6.45, 7) is 4.77. The molecule has 30 heavy (non-hydrogen) atoms. The number of methoxy groups -OCH3 is 1. The van der Waals surface area contributed by atoms with Gasteiger partial charge in [0.25, 0.3) is 0 Å². The number of hydrogen-bond acceptors (Lipinski definition) is 4. The average Bonchev–Trinajstić information content (AvgIpc) is 3.05. The minimum atomic E-state index is -0.140. The maximum Gasteiger partial charge on any atom is 0.245 e. The fourth-order valence-electron chi connectivity index (χ4n) is 3.44. The van der Waals surface area contributed by atoms with E-state index in [0.29, 0.717) is 13.0 Å². The van der Waals surface area contributed by atoms with Crippen LogP contribution in [0.3, 0.4) is 0 Å². The number of ether oxygens (including phenoxy) is 1. The van der Waals surface area contributed by atoms with Gasteiger partial charge in [-0.25, -0.2) is 4.98 Å². The number of para-hydroxylation sites is 2. The van der Waals surface area contributed by atoms with Crippen molar-refractivity contribution in [2.45, 2.75) is 33.2 Å². The molecule has 7 nitrogen and oxygen atoms in total. The summed E-state index contributed by atoms with van der Waals surface area (Å²) in [5.41, 5.74) is 4.79. The Bertz CT molecular complexity index is 1040. The molecule has 0 aliphatic rings. The Morgan fingerprint density at radius 3 is 2.67 bits per heavy atom. The molecule has 0 bridgehead atoms. The van der Waals surface area contributed by atoms with Crippen LogP contribution in [0.5, 0.6) is 0 Å². The predicted molar refractivity (Wildman–Crippen MR) is 117 cm³/mol. The van der Waals surface area contributed by atoms with Gasteiger partial charge in [-0.3, -0.25) is 9.59 Å². The smallest absolute Gasteiger partial charge is 0.245 e. The van der Waals surface area contributed by atoms with E-state index in [9.17, 15) is 9.59 Å². The maximum absolute atomic E-state index is 12.8. The van der Waals surface area contributed by atoms with Crippen molar-refractivity contribution in [3.05, 3.63) is 59.4 Å². The van der Waals surface area contributed by atoms with E-state index < -0.39 is 0 Å². The van der Waals surface area contributed by atoms with Crippen LogP contribution in [-0.2, 0) is 27.3 Å². The Morgan fingerprint density at radius 1 is 1.10 bits per heavy atom. The minimum absolute atomic E-state index is 0.0527. The molecule has 3 aromatic rings. The lowest BCUT2D eigenvalue weighted by Crippen LogP contribution is -2.28. The highest BCUT2D eigenvalue weighted by Gasteiger charge is 2.14. The van der Waals surface area contributed by atoms with Gasteiger partial charge in [0.05, 0.1) is 11.0 Å². The molecule has 0 aliphatic carbocycles. The van der Waals surface area contributed by atoms with Gasteiger partial charge in [-0.15, -0.1) is 0 Å². The number of imidazole rings is 1. The summed E-state index contributed by atoms with van der Waals surface area (Å²) < 4.78 is 6.76. The van der Waals surface area contributed by atoms with Gasteiger partial charge in [0.1, 0.15) is 19.0 Å². The highest BCUT2D eigenvalue weighted by atomic mass is 16.5. The Balaban J connectivity index is 1.71. The number of amides is 2. The summed E-state index contributed by atoms with van der Waals surface area (Å²) in [5.74, 6) is 0.589. The van der Waals surface area contributed by atoms with Gasteiger partial charge >= 0.3 is 0 Å². The monoisotopic (exact) mass is 408 g/mol. The summed E-state index contributed by atoms with van der Waals surface area (Å²) >= 11 is 0. The van der Waals surface area contributed by atoms with Gasteiger partial charge in [-0.1, -0.05) is 29.8 Å². The summed E-state index contributed by atoms with van der Waals surface area (Å²) in [6.07, 6.45) is 1.37. The van der Waals surface area contributed by atoms with Crippen LogP contribution in [0.15, 0.2) is 42.5 Å². The van der Waals surface area contributed by atoms with E-state index in [0.717, 1.165) is 40.1 Å². The number of carbonyl (C=O) groups excluding carboxylic acids is 2. The van der Waals surface area contributed by atoms with Gasteiger partial charge < -0.3 is 19.9 Å². The van der Waals surface area contributed by atoms with E-state index in [-0.39, 0.29) is 25.0 Å². The van der Waals surface area contributed by atoms with Crippen molar-refractivity contribution in [3.63, 3.8) is 0 Å². The molecule has 1 heterocycles.